The van der Waals surface area contributed by atoms with Crippen LogP contribution in [0.3, 0.4) is 0 Å². The van der Waals surface area contributed by atoms with Crippen molar-refractivity contribution in [3.63, 3.8) is 0 Å². The van der Waals surface area contributed by atoms with Gasteiger partial charge in [0.15, 0.2) is 0 Å². The molecule has 2 heterocycles. The summed E-state index contributed by atoms with van der Waals surface area (Å²) in [6, 6.07) is 5.25. The van der Waals surface area contributed by atoms with E-state index in [9.17, 15) is 0 Å². The van der Waals surface area contributed by atoms with Gasteiger partial charge in [0.05, 0.1) is 0 Å². The monoisotopic (exact) mass is 279 g/mol. The lowest BCUT2D eigenvalue weighted by Gasteiger charge is -2.24. The van der Waals surface area contributed by atoms with Gasteiger partial charge in [-0.3, -0.25) is 0 Å². The maximum absolute atomic E-state index is 3.58. The van der Waals surface area contributed by atoms with Crippen molar-refractivity contribution in [3.8, 4) is 0 Å². The van der Waals surface area contributed by atoms with Crippen LogP contribution in [0.1, 0.15) is 49.4 Å². The second-order valence-corrected chi connectivity index (χ2v) is 7.38. The van der Waals surface area contributed by atoms with Crippen molar-refractivity contribution in [2.45, 2.75) is 44.6 Å². The highest BCUT2D eigenvalue weighted by molar-refractivity contribution is 7.26. The third-order valence-corrected chi connectivity index (χ3v) is 6.32. The minimum Gasteiger partial charge on any atom is -0.312 e. The van der Waals surface area contributed by atoms with Crippen molar-refractivity contribution in [2.24, 2.45) is 5.92 Å². The number of fused-ring (bicyclic) bond motifs is 1. The molecular formula is C15H21NS2. The van der Waals surface area contributed by atoms with Crippen molar-refractivity contribution in [1.29, 1.82) is 0 Å². The first-order valence-corrected chi connectivity index (χ1v) is 8.72. The Bertz CT molecular complexity index is 463. The quantitative estimate of drug-likeness (QED) is 0.762. The average molecular weight is 279 g/mol. The molecule has 0 aromatic carbocycles. The van der Waals surface area contributed by atoms with Gasteiger partial charge in [0.1, 0.15) is 0 Å². The van der Waals surface area contributed by atoms with E-state index >= 15 is 0 Å². The molecule has 0 radical (unpaired) electrons. The van der Waals surface area contributed by atoms with Crippen molar-refractivity contribution < 1.29 is 0 Å². The Kier molecular flexibility index (Phi) is 4.02. The summed E-state index contributed by atoms with van der Waals surface area (Å²) in [7, 11) is 2.13. The molecule has 0 bridgehead atoms. The highest BCUT2D eigenvalue weighted by Gasteiger charge is 2.24. The fourth-order valence-electron chi connectivity index (χ4n) is 3.19. The SMILES string of the molecule is CNC(c1cc2sccc2s1)C1CCCCCC1. The number of hydrogen-bond donors (Lipinski definition) is 1. The molecule has 0 saturated heterocycles. The third-order valence-electron chi connectivity index (χ3n) is 4.15. The smallest absolute Gasteiger partial charge is 0.0454 e. The van der Waals surface area contributed by atoms with E-state index in [0.29, 0.717) is 6.04 Å². The molecule has 0 amide bonds. The highest BCUT2D eigenvalue weighted by Crippen LogP contribution is 2.39. The molecule has 18 heavy (non-hydrogen) atoms. The Morgan fingerprint density at radius 3 is 2.61 bits per heavy atom. The molecule has 0 spiro atoms. The van der Waals surface area contributed by atoms with Crippen LogP contribution in [0, 0.1) is 5.92 Å². The molecule has 2 aromatic heterocycles. The average Bonchev–Trinajstić information content (AvgIpc) is 2.84. The molecule has 3 heteroatoms. The zero-order chi connectivity index (χ0) is 12.4. The van der Waals surface area contributed by atoms with Crippen molar-refractivity contribution in [1.82, 2.24) is 5.32 Å². The maximum Gasteiger partial charge on any atom is 0.0454 e. The lowest BCUT2D eigenvalue weighted by molar-refractivity contribution is 0.346. The van der Waals surface area contributed by atoms with E-state index in [1.165, 1.54) is 47.9 Å². The molecule has 1 saturated carbocycles. The van der Waals surface area contributed by atoms with Crippen LogP contribution in [0.5, 0.6) is 0 Å². The predicted octanol–water partition coefficient (Wildman–Crippen LogP) is 5.19. The number of hydrogen-bond acceptors (Lipinski definition) is 3. The minimum absolute atomic E-state index is 0.577. The Hall–Kier alpha value is -0.380. The van der Waals surface area contributed by atoms with Gasteiger partial charge in [0, 0.05) is 20.3 Å². The van der Waals surface area contributed by atoms with E-state index < -0.39 is 0 Å². The molecule has 1 fully saturated rings. The molecule has 1 nitrogen and oxygen atoms in total. The van der Waals surface area contributed by atoms with E-state index in [4.69, 9.17) is 0 Å². The minimum atomic E-state index is 0.577. The molecule has 2 aromatic rings. The summed E-state index contributed by atoms with van der Waals surface area (Å²) in [6.07, 6.45) is 8.51. The first-order chi connectivity index (χ1) is 8.88. The van der Waals surface area contributed by atoms with E-state index in [2.05, 4.69) is 29.9 Å². The van der Waals surface area contributed by atoms with Gasteiger partial charge >= 0.3 is 0 Å². The van der Waals surface area contributed by atoms with Gasteiger partial charge in [-0.1, -0.05) is 25.7 Å². The summed E-state index contributed by atoms with van der Waals surface area (Å²) in [5, 5.41) is 5.78. The van der Waals surface area contributed by atoms with Crippen LogP contribution in [0.15, 0.2) is 17.5 Å². The lowest BCUT2D eigenvalue weighted by atomic mass is 9.91. The fourth-order valence-corrected chi connectivity index (χ4v) is 5.52. The molecule has 98 valence electrons. The summed E-state index contributed by atoms with van der Waals surface area (Å²) >= 11 is 3.85. The fraction of sp³-hybridized carbons (Fsp3) is 0.600. The Balaban J connectivity index is 1.84. The van der Waals surface area contributed by atoms with Gasteiger partial charge in [-0.05, 0) is 43.3 Å². The molecule has 1 atom stereocenters. The molecule has 1 aliphatic carbocycles. The van der Waals surface area contributed by atoms with Crippen molar-refractivity contribution >= 4 is 32.1 Å². The zero-order valence-corrected chi connectivity index (χ0v) is 12.6. The van der Waals surface area contributed by atoms with Crippen molar-refractivity contribution in [2.75, 3.05) is 7.05 Å². The Morgan fingerprint density at radius 2 is 1.94 bits per heavy atom. The van der Waals surface area contributed by atoms with Gasteiger partial charge in [0.25, 0.3) is 0 Å². The Labute approximate surface area is 117 Å². The van der Waals surface area contributed by atoms with Gasteiger partial charge < -0.3 is 5.32 Å². The second kappa shape index (κ2) is 5.72. The molecular weight excluding hydrogens is 258 g/mol. The third kappa shape index (κ3) is 2.49. The molecule has 3 rings (SSSR count). The maximum atomic E-state index is 3.58. The van der Waals surface area contributed by atoms with Crippen molar-refractivity contribution in [3.05, 3.63) is 22.4 Å². The van der Waals surface area contributed by atoms with Gasteiger partial charge in [-0.15, -0.1) is 22.7 Å². The van der Waals surface area contributed by atoms with Gasteiger partial charge in [-0.2, -0.15) is 0 Å². The lowest BCUT2D eigenvalue weighted by Crippen LogP contribution is -2.24. The first-order valence-electron chi connectivity index (χ1n) is 7.02. The van der Waals surface area contributed by atoms with E-state index in [0.717, 1.165) is 5.92 Å². The zero-order valence-electron chi connectivity index (χ0n) is 10.9. The summed E-state index contributed by atoms with van der Waals surface area (Å²) in [5.74, 6) is 0.838. The largest absolute Gasteiger partial charge is 0.312 e. The van der Waals surface area contributed by atoms with Crippen LogP contribution in [0.4, 0.5) is 0 Å². The summed E-state index contributed by atoms with van der Waals surface area (Å²) in [4.78, 5) is 1.55. The van der Waals surface area contributed by atoms with Gasteiger partial charge in [0.2, 0.25) is 0 Å². The van der Waals surface area contributed by atoms with E-state index in [1.54, 1.807) is 4.88 Å². The topological polar surface area (TPSA) is 12.0 Å². The first kappa shape index (κ1) is 12.6. The summed E-state index contributed by atoms with van der Waals surface area (Å²) in [6.45, 7) is 0. The van der Waals surface area contributed by atoms with Crippen LogP contribution in [0.25, 0.3) is 9.40 Å². The number of rotatable bonds is 3. The molecule has 1 aliphatic rings. The molecule has 1 unspecified atom stereocenters. The van der Waals surface area contributed by atoms with Crippen LogP contribution in [-0.2, 0) is 0 Å². The van der Waals surface area contributed by atoms with Crippen LogP contribution >= 0.6 is 22.7 Å². The summed E-state index contributed by atoms with van der Waals surface area (Å²) < 4.78 is 2.92. The highest BCUT2D eigenvalue weighted by atomic mass is 32.1. The number of thiophene rings is 2. The van der Waals surface area contributed by atoms with Crippen LogP contribution in [-0.4, -0.2) is 7.05 Å². The van der Waals surface area contributed by atoms with Crippen LogP contribution < -0.4 is 5.32 Å². The molecule has 1 N–H and O–H groups in total. The predicted molar refractivity (Wildman–Crippen MR) is 82.7 cm³/mol. The Morgan fingerprint density at radius 1 is 1.17 bits per heavy atom. The second-order valence-electron chi connectivity index (χ2n) is 5.32. The van der Waals surface area contributed by atoms with Gasteiger partial charge in [-0.25, -0.2) is 0 Å². The van der Waals surface area contributed by atoms with E-state index in [1.807, 2.05) is 22.7 Å². The molecule has 0 aliphatic heterocycles. The van der Waals surface area contributed by atoms with Crippen LogP contribution in [0.2, 0.25) is 0 Å². The van der Waals surface area contributed by atoms with E-state index in [-0.39, 0.29) is 0 Å². The summed E-state index contributed by atoms with van der Waals surface area (Å²) in [5.41, 5.74) is 0. The normalized spacial score (nSPS) is 20.1. The number of nitrogens with one attached hydrogen (secondary N) is 1. The standard InChI is InChI=1S/C15H21NS2/c1-16-15(11-6-4-2-3-5-7-11)14-10-13-12(18-14)8-9-17-13/h8-11,15-16H,2-7H2,1H3.